The minimum absolute atomic E-state index is 0.0156. The van der Waals surface area contributed by atoms with Gasteiger partial charge in [-0.2, -0.15) is 27.6 Å². The first-order valence-electron chi connectivity index (χ1n) is 12.5. The van der Waals surface area contributed by atoms with Crippen molar-refractivity contribution in [1.82, 2.24) is 29.0 Å². The van der Waals surface area contributed by atoms with E-state index >= 15 is 0 Å². The number of nitrogens with one attached hydrogen (secondary N) is 1. The summed E-state index contributed by atoms with van der Waals surface area (Å²) in [6.07, 6.45) is 2.73. The molecule has 1 saturated carbocycles. The maximum Gasteiger partial charge on any atom is 0.421 e. The maximum absolute atomic E-state index is 14.0. The fourth-order valence-corrected chi connectivity index (χ4v) is 6.30. The van der Waals surface area contributed by atoms with Gasteiger partial charge in [0.2, 0.25) is 21.9 Å². The molecule has 2 aliphatic rings. The first-order valence-corrected chi connectivity index (χ1v) is 14.0. The minimum Gasteiger partial charge on any atom is -0.351 e. The second kappa shape index (κ2) is 11.0. The fourth-order valence-electron chi connectivity index (χ4n) is 4.85. The van der Waals surface area contributed by atoms with Gasteiger partial charge in [0.1, 0.15) is 16.3 Å². The highest BCUT2D eigenvalue weighted by Gasteiger charge is 2.39. The number of carbonyl (C=O) groups is 1. The van der Waals surface area contributed by atoms with Crippen LogP contribution in [0.4, 0.5) is 24.9 Å². The second-order valence-electron chi connectivity index (χ2n) is 9.96. The molecule has 2 aromatic rings. The molecule has 1 saturated heterocycles. The Bertz CT molecular complexity index is 1240. The Kier molecular flexibility index (Phi) is 8.16. The number of hydrogen-bond acceptors (Lipinski definition) is 8. The van der Waals surface area contributed by atoms with Crippen LogP contribution in [-0.4, -0.2) is 89.1 Å². The molecule has 11 nitrogen and oxygen atoms in total. The van der Waals surface area contributed by atoms with Crippen LogP contribution in [0.3, 0.4) is 0 Å². The highest BCUT2D eigenvalue weighted by atomic mass is 32.2. The van der Waals surface area contributed by atoms with E-state index in [0.29, 0.717) is 25.7 Å². The fraction of sp³-hybridized carbons (Fsp3) is 0.652. The third-order valence-corrected chi connectivity index (χ3v) is 8.87. The first-order chi connectivity index (χ1) is 17.9. The van der Waals surface area contributed by atoms with E-state index in [1.54, 1.807) is 21.1 Å². The molecule has 1 aliphatic heterocycles. The molecule has 1 N–H and O–H groups in total. The largest absolute Gasteiger partial charge is 0.421 e. The summed E-state index contributed by atoms with van der Waals surface area (Å²) < 4.78 is 70.5. The van der Waals surface area contributed by atoms with Crippen LogP contribution in [0.1, 0.15) is 44.1 Å². The SMILES string of the molecule is CN(C)C(=O)CN(c1nc(NC2CCN(S(=O)(=O)c3cnn(C)c3)CC2)ncc1C(F)(F)F)C1CCCC1. The molecule has 0 radical (unpaired) electrons. The summed E-state index contributed by atoms with van der Waals surface area (Å²) in [5.74, 6) is -0.615. The number of nitrogens with zero attached hydrogens (tertiary/aromatic N) is 7. The lowest BCUT2D eigenvalue weighted by Crippen LogP contribution is -2.44. The zero-order chi connectivity index (χ0) is 27.7. The number of halogens is 3. The Morgan fingerprint density at radius 3 is 2.34 bits per heavy atom. The quantitative estimate of drug-likeness (QED) is 0.525. The number of likely N-dealkylation sites (N-methyl/N-ethyl adjacent to an activating group) is 1. The summed E-state index contributed by atoms with van der Waals surface area (Å²) >= 11 is 0. The number of aromatic nitrogens is 4. The van der Waals surface area contributed by atoms with E-state index in [-0.39, 0.29) is 54.3 Å². The molecule has 15 heteroatoms. The van der Waals surface area contributed by atoms with Crippen LogP contribution in [-0.2, 0) is 28.0 Å². The van der Waals surface area contributed by atoms with Crippen LogP contribution in [0.2, 0.25) is 0 Å². The van der Waals surface area contributed by atoms with E-state index in [1.807, 2.05) is 0 Å². The van der Waals surface area contributed by atoms with Crippen molar-refractivity contribution >= 4 is 27.7 Å². The van der Waals surface area contributed by atoms with Crippen LogP contribution < -0.4 is 10.2 Å². The summed E-state index contributed by atoms with van der Waals surface area (Å²) in [4.78, 5) is 23.7. The molecule has 0 bridgehead atoms. The molecule has 0 spiro atoms. The van der Waals surface area contributed by atoms with Gasteiger partial charge in [0.05, 0.1) is 12.7 Å². The average molecular weight is 559 g/mol. The summed E-state index contributed by atoms with van der Waals surface area (Å²) in [7, 11) is 1.08. The van der Waals surface area contributed by atoms with Crippen LogP contribution in [0.15, 0.2) is 23.5 Å². The highest BCUT2D eigenvalue weighted by Crippen LogP contribution is 2.38. The van der Waals surface area contributed by atoms with Crippen molar-refractivity contribution in [3.63, 3.8) is 0 Å². The number of piperidine rings is 1. The second-order valence-corrected chi connectivity index (χ2v) is 11.9. The molecule has 0 aromatic carbocycles. The number of alkyl halides is 3. The molecule has 0 unspecified atom stereocenters. The van der Waals surface area contributed by atoms with E-state index < -0.39 is 21.8 Å². The zero-order valence-corrected chi connectivity index (χ0v) is 22.5. The van der Waals surface area contributed by atoms with Crippen LogP contribution in [0.25, 0.3) is 0 Å². The van der Waals surface area contributed by atoms with Crippen molar-refractivity contribution < 1.29 is 26.4 Å². The number of anilines is 2. The molecule has 0 atom stereocenters. The number of carbonyl (C=O) groups excluding carboxylic acids is 1. The Labute approximate surface area is 220 Å². The third kappa shape index (κ3) is 6.20. The normalized spacial score (nSPS) is 18.1. The van der Waals surface area contributed by atoms with Gasteiger partial charge in [-0.05, 0) is 25.7 Å². The van der Waals surface area contributed by atoms with Gasteiger partial charge >= 0.3 is 6.18 Å². The maximum atomic E-state index is 14.0. The molecule has 1 aliphatic carbocycles. The molecule has 4 rings (SSSR count). The Balaban J connectivity index is 1.53. The topological polar surface area (TPSA) is 117 Å². The van der Waals surface area contributed by atoms with Gasteiger partial charge in [0, 0.05) is 58.7 Å². The predicted molar refractivity (Wildman–Crippen MR) is 134 cm³/mol. The summed E-state index contributed by atoms with van der Waals surface area (Å²) in [5, 5.41) is 7.01. The van der Waals surface area contributed by atoms with Gasteiger partial charge in [-0.15, -0.1) is 0 Å². The van der Waals surface area contributed by atoms with Crippen molar-refractivity contribution in [2.45, 2.75) is 61.7 Å². The van der Waals surface area contributed by atoms with Gasteiger partial charge in [0.25, 0.3) is 0 Å². The summed E-state index contributed by atoms with van der Waals surface area (Å²) in [6, 6.07) is -0.466. The number of sulfonamides is 1. The van der Waals surface area contributed by atoms with Crippen molar-refractivity contribution in [1.29, 1.82) is 0 Å². The molecule has 2 fully saturated rings. The smallest absolute Gasteiger partial charge is 0.351 e. The van der Waals surface area contributed by atoms with Gasteiger partial charge in [-0.25, -0.2) is 13.4 Å². The predicted octanol–water partition coefficient (Wildman–Crippen LogP) is 2.33. The summed E-state index contributed by atoms with van der Waals surface area (Å²) in [5.41, 5.74) is -0.987. The number of rotatable bonds is 8. The van der Waals surface area contributed by atoms with Gasteiger partial charge in [-0.3, -0.25) is 9.48 Å². The van der Waals surface area contributed by atoms with Crippen LogP contribution >= 0.6 is 0 Å². The Hall–Kier alpha value is -2.94. The van der Waals surface area contributed by atoms with E-state index in [2.05, 4.69) is 20.4 Å². The molecule has 3 heterocycles. The summed E-state index contributed by atoms with van der Waals surface area (Å²) in [6.45, 7) is 0.240. The van der Waals surface area contributed by atoms with E-state index in [4.69, 9.17) is 0 Å². The van der Waals surface area contributed by atoms with E-state index in [1.165, 1.54) is 31.2 Å². The van der Waals surface area contributed by atoms with Crippen molar-refractivity contribution in [3.05, 3.63) is 24.2 Å². The standard InChI is InChI=1S/C23H33F3N8O3S/c1-31(2)20(35)15-34(17-6-4-5-7-17)21-19(23(24,25)26)13-27-22(30-21)29-16-8-10-33(11-9-16)38(36,37)18-12-28-32(3)14-18/h12-14,16-17H,4-11,15H2,1-3H3,(H,27,29,30). The lowest BCUT2D eigenvalue weighted by Gasteiger charge is -2.33. The molecule has 210 valence electrons. The van der Waals surface area contributed by atoms with Crippen molar-refractivity contribution in [2.75, 3.05) is 43.9 Å². The third-order valence-electron chi connectivity index (χ3n) is 7.02. The number of amides is 1. The number of aryl methyl sites for hydroxylation is 1. The monoisotopic (exact) mass is 558 g/mol. The van der Waals surface area contributed by atoms with Crippen molar-refractivity contribution in [2.24, 2.45) is 7.05 Å². The first kappa shape index (κ1) is 28.1. The van der Waals surface area contributed by atoms with Crippen LogP contribution in [0.5, 0.6) is 0 Å². The number of hydrogen-bond donors (Lipinski definition) is 1. The molecular formula is C23H33F3N8O3S. The van der Waals surface area contributed by atoms with E-state index in [9.17, 15) is 26.4 Å². The van der Waals surface area contributed by atoms with Crippen molar-refractivity contribution in [3.8, 4) is 0 Å². The minimum atomic E-state index is -4.70. The van der Waals surface area contributed by atoms with Gasteiger partial charge in [0.15, 0.2) is 0 Å². The molecule has 1 amide bonds. The zero-order valence-electron chi connectivity index (χ0n) is 21.6. The molecule has 38 heavy (non-hydrogen) atoms. The van der Waals surface area contributed by atoms with Gasteiger partial charge in [-0.1, -0.05) is 12.8 Å². The van der Waals surface area contributed by atoms with E-state index in [0.717, 1.165) is 19.0 Å². The lowest BCUT2D eigenvalue weighted by atomic mass is 10.1. The van der Waals surface area contributed by atoms with Crippen LogP contribution in [0, 0.1) is 0 Å². The lowest BCUT2D eigenvalue weighted by molar-refractivity contribution is -0.137. The van der Waals surface area contributed by atoms with Gasteiger partial charge < -0.3 is 15.1 Å². The Morgan fingerprint density at radius 2 is 1.79 bits per heavy atom. The Morgan fingerprint density at radius 1 is 1.13 bits per heavy atom. The molecular weight excluding hydrogens is 525 g/mol. The highest BCUT2D eigenvalue weighted by molar-refractivity contribution is 7.89. The molecule has 2 aromatic heterocycles. The average Bonchev–Trinajstić information content (AvgIpc) is 3.54.